The number of urea groups is 1. The van der Waals surface area contributed by atoms with Gasteiger partial charge in [0.1, 0.15) is 11.6 Å². The highest BCUT2D eigenvalue weighted by molar-refractivity contribution is 5.74. The molecule has 0 aromatic heterocycles. The van der Waals surface area contributed by atoms with Crippen molar-refractivity contribution in [2.45, 2.75) is 31.8 Å². The molecule has 31 heavy (non-hydrogen) atoms. The topological polar surface area (TPSA) is 113 Å². The number of nitrogens with one attached hydrogen (secondary N) is 2. The lowest BCUT2D eigenvalue weighted by atomic mass is 10.0. The van der Waals surface area contributed by atoms with Crippen LogP contribution in [0, 0.1) is 11.6 Å². The van der Waals surface area contributed by atoms with E-state index in [1.165, 1.54) is 17.7 Å². The maximum Gasteiger partial charge on any atom is 0.317 e. The molecule has 168 valence electrons. The van der Waals surface area contributed by atoms with Gasteiger partial charge in [-0.15, -0.1) is 0 Å². The summed E-state index contributed by atoms with van der Waals surface area (Å²) in [5.41, 5.74) is 12.4. The predicted molar refractivity (Wildman–Crippen MR) is 116 cm³/mol. The SMILES string of the molecule is NC=O.NCCc1ccc(NC2CCN(C(=O)NCc3cc(F)cc(F)c3)CC2)cc1. The molecular formula is C22H29F2N5O2. The smallest absolute Gasteiger partial charge is 0.317 e. The quantitative estimate of drug-likeness (QED) is 0.524. The van der Waals surface area contributed by atoms with Gasteiger partial charge in [-0.25, -0.2) is 13.6 Å². The van der Waals surface area contributed by atoms with Crippen molar-refractivity contribution in [1.82, 2.24) is 10.2 Å². The molecule has 0 radical (unpaired) electrons. The van der Waals surface area contributed by atoms with E-state index in [1.807, 2.05) is 0 Å². The molecule has 2 aromatic rings. The molecule has 3 amide bonds. The number of hydrogen-bond donors (Lipinski definition) is 4. The predicted octanol–water partition coefficient (Wildman–Crippen LogP) is 2.35. The fourth-order valence-electron chi connectivity index (χ4n) is 3.40. The van der Waals surface area contributed by atoms with E-state index in [2.05, 4.69) is 40.6 Å². The molecule has 1 aliphatic heterocycles. The fraction of sp³-hybridized carbons (Fsp3) is 0.364. The van der Waals surface area contributed by atoms with Gasteiger partial charge in [-0.3, -0.25) is 4.79 Å². The first-order valence-electron chi connectivity index (χ1n) is 10.1. The Morgan fingerprint density at radius 1 is 1.06 bits per heavy atom. The summed E-state index contributed by atoms with van der Waals surface area (Å²) < 4.78 is 26.4. The molecule has 9 heteroatoms. The number of primary amides is 1. The molecule has 0 bridgehead atoms. The highest BCUT2D eigenvalue weighted by atomic mass is 19.1. The van der Waals surface area contributed by atoms with Crippen LogP contribution in [0.3, 0.4) is 0 Å². The Bertz CT molecular complexity index is 820. The molecular weight excluding hydrogens is 404 g/mol. The van der Waals surface area contributed by atoms with E-state index in [1.54, 1.807) is 4.90 Å². The van der Waals surface area contributed by atoms with Crippen molar-refractivity contribution in [2.75, 3.05) is 25.0 Å². The number of carbonyl (C=O) groups is 2. The van der Waals surface area contributed by atoms with Gasteiger partial charge < -0.3 is 27.0 Å². The molecule has 2 aromatic carbocycles. The zero-order valence-electron chi connectivity index (χ0n) is 17.3. The average Bonchev–Trinajstić information content (AvgIpc) is 2.74. The molecule has 0 unspecified atom stereocenters. The Kier molecular flexibility index (Phi) is 9.70. The van der Waals surface area contributed by atoms with E-state index in [9.17, 15) is 13.6 Å². The number of nitrogens with zero attached hydrogens (tertiary/aromatic N) is 1. The van der Waals surface area contributed by atoms with Crippen molar-refractivity contribution < 1.29 is 18.4 Å². The van der Waals surface area contributed by atoms with Crippen molar-refractivity contribution in [3.63, 3.8) is 0 Å². The number of nitrogens with two attached hydrogens (primary N) is 2. The maximum absolute atomic E-state index is 13.2. The third-order valence-electron chi connectivity index (χ3n) is 4.91. The first-order chi connectivity index (χ1) is 14.9. The minimum Gasteiger partial charge on any atom is -0.382 e. The fourth-order valence-corrected chi connectivity index (χ4v) is 3.40. The molecule has 1 fully saturated rings. The lowest BCUT2D eigenvalue weighted by Gasteiger charge is -2.33. The summed E-state index contributed by atoms with van der Waals surface area (Å²) in [5, 5.41) is 6.24. The number of hydrogen-bond acceptors (Lipinski definition) is 4. The molecule has 1 saturated heterocycles. The van der Waals surface area contributed by atoms with Crippen LogP contribution in [-0.4, -0.2) is 43.0 Å². The zero-order valence-corrected chi connectivity index (χ0v) is 17.3. The summed E-state index contributed by atoms with van der Waals surface area (Å²) in [6.45, 7) is 2.00. The number of halogens is 2. The van der Waals surface area contributed by atoms with Gasteiger partial charge >= 0.3 is 6.03 Å². The van der Waals surface area contributed by atoms with E-state index >= 15 is 0 Å². The van der Waals surface area contributed by atoms with Crippen molar-refractivity contribution in [2.24, 2.45) is 11.5 Å². The van der Waals surface area contributed by atoms with E-state index < -0.39 is 11.6 Å². The molecule has 0 saturated carbocycles. The largest absolute Gasteiger partial charge is 0.382 e. The number of amides is 3. The Balaban J connectivity index is 0.00000107. The van der Waals surface area contributed by atoms with E-state index in [0.29, 0.717) is 31.2 Å². The van der Waals surface area contributed by atoms with Crippen molar-refractivity contribution >= 4 is 18.1 Å². The second-order valence-electron chi connectivity index (χ2n) is 7.21. The van der Waals surface area contributed by atoms with Crippen LogP contribution >= 0.6 is 0 Å². The summed E-state index contributed by atoms with van der Waals surface area (Å²) in [6, 6.07) is 11.6. The maximum atomic E-state index is 13.2. The number of likely N-dealkylation sites (tertiary alicyclic amines) is 1. The third-order valence-corrected chi connectivity index (χ3v) is 4.91. The first-order valence-corrected chi connectivity index (χ1v) is 10.1. The lowest BCUT2D eigenvalue weighted by Crippen LogP contribution is -2.46. The molecule has 0 spiro atoms. The molecule has 0 aliphatic carbocycles. The van der Waals surface area contributed by atoms with E-state index in [4.69, 9.17) is 10.5 Å². The highest BCUT2D eigenvalue weighted by Crippen LogP contribution is 2.18. The second-order valence-corrected chi connectivity index (χ2v) is 7.21. The van der Waals surface area contributed by atoms with Gasteiger partial charge in [-0.1, -0.05) is 12.1 Å². The Labute approximate surface area is 180 Å². The molecule has 1 aliphatic rings. The van der Waals surface area contributed by atoms with E-state index in [0.717, 1.165) is 31.0 Å². The number of carbonyl (C=O) groups excluding carboxylic acids is 2. The van der Waals surface area contributed by atoms with Gasteiger partial charge in [0.15, 0.2) is 0 Å². The van der Waals surface area contributed by atoms with Gasteiger partial charge in [0.2, 0.25) is 6.41 Å². The summed E-state index contributed by atoms with van der Waals surface area (Å²) in [6.07, 6.45) is 2.80. The molecule has 0 atom stereocenters. The van der Waals surface area contributed by atoms with Crippen molar-refractivity contribution in [1.29, 1.82) is 0 Å². The summed E-state index contributed by atoms with van der Waals surface area (Å²) >= 11 is 0. The normalized spacial score (nSPS) is 13.7. The summed E-state index contributed by atoms with van der Waals surface area (Å²) in [4.78, 5) is 22.6. The molecule has 6 N–H and O–H groups in total. The number of rotatable bonds is 6. The van der Waals surface area contributed by atoms with Crippen LogP contribution < -0.4 is 22.1 Å². The van der Waals surface area contributed by atoms with E-state index in [-0.39, 0.29) is 19.0 Å². The first kappa shape index (κ1) is 24.1. The number of anilines is 1. The lowest BCUT2D eigenvalue weighted by molar-refractivity contribution is -0.106. The average molecular weight is 434 g/mol. The Morgan fingerprint density at radius 3 is 2.19 bits per heavy atom. The van der Waals surface area contributed by atoms with Gasteiger partial charge in [-0.2, -0.15) is 0 Å². The van der Waals surface area contributed by atoms with Crippen LogP contribution in [0.15, 0.2) is 42.5 Å². The Morgan fingerprint density at radius 2 is 1.65 bits per heavy atom. The standard InChI is InChI=1S/C21H26F2N4O.CH3NO/c22-17-11-16(12-18(23)13-17)14-25-21(28)27-9-6-20(7-10-27)26-19-3-1-15(2-4-19)5-8-24;2-1-3/h1-4,11-13,20,26H,5-10,14,24H2,(H,25,28);1H,(H2,2,3). The molecule has 7 nitrogen and oxygen atoms in total. The van der Waals surface area contributed by atoms with Crippen molar-refractivity contribution in [3.05, 3.63) is 65.2 Å². The van der Waals surface area contributed by atoms with Gasteiger partial charge in [0.25, 0.3) is 0 Å². The molecule has 3 rings (SSSR count). The monoisotopic (exact) mass is 433 g/mol. The van der Waals surface area contributed by atoms with Gasteiger partial charge in [-0.05, 0) is 61.2 Å². The minimum absolute atomic E-state index is 0.0981. The van der Waals surface area contributed by atoms with Crippen LogP contribution in [0.4, 0.5) is 19.3 Å². The second kappa shape index (κ2) is 12.5. The van der Waals surface area contributed by atoms with Crippen LogP contribution in [0.5, 0.6) is 0 Å². The van der Waals surface area contributed by atoms with Crippen LogP contribution in [-0.2, 0) is 17.8 Å². The van der Waals surface area contributed by atoms with Gasteiger partial charge in [0, 0.05) is 37.4 Å². The number of benzene rings is 2. The van der Waals surface area contributed by atoms with Gasteiger partial charge in [0.05, 0.1) is 0 Å². The minimum atomic E-state index is -0.646. The summed E-state index contributed by atoms with van der Waals surface area (Å²) in [5.74, 6) is -1.29. The van der Waals surface area contributed by atoms with Crippen molar-refractivity contribution in [3.8, 4) is 0 Å². The highest BCUT2D eigenvalue weighted by Gasteiger charge is 2.22. The zero-order chi connectivity index (χ0) is 22.6. The third kappa shape index (κ3) is 8.21. The Hall–Kier alpha value is -3.20. The number of piperidine rings is 1. The van der Waals surface area contributed by atoms with Crippen LogP contribution in [0.2, 0.25) is 0 Å². The van der Waals surface area contributed by atoms with Crippen LogP contribution in [0.25, 0.3) is 0 Å². The van der Waals surface area contributed by atoms with Crippen LogP contribution in [0.1, 0.15) is 24.0 Å². The summed E-state index contributed by atoms with van der Waals surface area (Å²) in [7, 11) is 0. The molecule has 1 heterocycles.